The van der Waals surface area contributed by atoms with Gasteiger partial charge in [0.2, 0.25) is 0 Å². The van der Waals surface area contributed by atoms with Crippen LogP contribution in [0.4, 0.5) is 20.2 Å². The topological polar surface area (TPSA) is 32.5 Å². The van der Waals surface area contributed by atoms with Crippen LogP contribution in [-0.4, -0.2) is 38.6 Å². The molecule has 106 valence electrons. The van der Waals surface area contributed by atoms with Crippen molar-refractivity contribution in [1.29, 1.82) is 0 Å². The van der Waals surface area contributed by atoms with Crippen LogP contribution in [0, 0.1) is 17.6 Å². The third-order valence-corrected chi connectivity index (χ3v) is 3.65. The normalized spacial score (nSPS) is 17.2. The summed E-state index contributed by atoms with van der Waals surface area (Å²) in [5.74, 6) is -1.05. The summed E-state index contributed by atoms with van der Waals surface area (Å²) in [5, 5.41) is 0. The number of piperidine rings is 1. The molecular weight excluding hydrogens is 248 g/mol. The van der Waals surface area contributed by atoms with E-state index in [1.165, 1.54) is 6.07 Å². The Morgan fingerprint density at radius 2 is 1.89 bits per heavy atom. The second-order valence-electron chi connectivity index (χ2n) is 5.49. The lowest BCUT2D eigenvalue weighted by molar-refractivity contribution is 0.284. The molecule has 0 unspecified atom stereocenters. The molecule has 2 N–H and O–H groups in total. The highest BCUT2D eigenvalue weighted by Crippen LogP contribution is 2.32. The lowest BCUT2D eigenvalue weighted by Crippen LogP contribution is -2.38. The number of anilines is 2. The highest BCUT2D eigenvalue weighted by molar-refractivity contribution is 5.68. The third-order valence-electron chi connectivity index (χ3n) is 3.65. The molecule has 1 saturated heterocycles. The van der Waals surface area contributed by atoms with Crippen LogP contribution in [-0.2, 0) is 0 Å². The van der Waals surface area contributed by atoms with Crippen LogP contribution in [0.25, 0.3) is 0 Å². The van der Waals surface area contributed by atoms with Gasteiger partial charge in [0, 0.05) is 19.6 Å². The summed E-state index contributed by atoms with van der Waals surface area (Å²) in [6, 6.07) is 2.51. The monoisotopic (exact) mass is 269 g/mol. The summed E-state index contributed by atoms with van der Waals surface area (Å²) in [4.78, 5) is 4.03. The Morgan fingerprint density at radius 1 is 1.26 bits per heavy atom. The van der Waals surface area contributed by atoms with Gasteiger partial charge in [-0.3, -0.25) is 0 Å². The number of rotatable bonds is 3. The van der Waals surface area contributed by atoms with Gasteiger partial charge in [0.1, 0.15) is 0 Å². The fourth-order valence-corrected chi connectivity index (χ4v) is 2.73. The SMILES string of the molecule is CN(C)CC1CCN(c2c(N)ccc(F)c2F)CC1. The molecule has 1 aliphatic heterocycles. The van der Waals surface area contributed by atoms with Crippen LogP contribution in [0.3, 0.4) is 0 Å². The van der Waals surface area contributed by atoms with E-state index in [0.717, 1.165) is 38.5 Å². The van der Waals surface area contributed by atoms with Crippen molar-refractivity contribution in [3.63, 3.8) is 0 Å². The number of hydrogen-bond donors (Lipinski definition) is 1. The average molecular weight is 269 g/mol. The van der Waals surface area contributed by atoms with Gasteiger partial charge in [0.05, 0.1) is 11.4 Å². The molecule has 0 amide bonds. The molecule has 5 heteroatoms. The highest BCUT2D eigenvalue weighted by Gasteiger charge is 2.24. The molecule has 0 saturated carbocycles. The van der Waals surface area contributed by atoms with Crippen LogP contribution in [0.2, 0.25) is 0 Å². The first-order valence-electron chi connectivity index (χ1n) is 6.62. The van der Waals surface area contributed by atoms with Gasteiger partial charge in [-0.25, -0.2) is 8.78 Å². The van der Waals surface area contributed by atoms with Crippen molar-refractivity contribution in [3.8, 4) is 0 Å². The second kappa shape index (κ2) is 5.74. The maximum Gasteiger partial charge on any atom is 0.184 e. The number of benzene rings is 1. The summed E-state index contributed by atoms with van der Waals surface area (Å²) < 4.78 is 27.1. The van der Waals surface area contributed by atoms with Gasteiger partial charge in [-0.05, 0) is 45.0 Å². The van der Waals surface area contributed by atoms with Gasteiger partial charge in [-0.1, -0.05) is 0 Å². The van der Waals surface area contributed by atoms with E-state index >= 15 is 0 Å². The van der Waals surface area contributed by atoms with Crippen LogP contribution in [0.1, 0.15) is 12.8 Å². The predicted octanol–water partition coefficient (Wildman–Crippen LogP) is 2.33. The van der Waals surface area contributed by atoms with E-state index in [1.54, 1.807) is 0 Å². The molecule has 0 bridgehead atoms. The Hall–Kier alpha value is -1.36. The zero-order valence-corrected chi connectivity index (χ0v) is 11.5. The fraction of sp³-hybridized carbons (Fsp3) is 0.571. The smallest absolute Gasteiger partial charge is 0.184 e. The standard InChI is InChI=1S/C14H21F2N3/c1-18(2)9-10-5-7-19(8-6-10)14-12(17)4-3-11(15)13(14)16/h3-4,10H,5-9,17H2,1-2H3. The van der Waals surface area contributed by atoms with Gasteiger partial charge in [0.25, 0.3) is 0 Å². The lowest BCUT2D eigenvalue weighted by Gasteiger charge is -2.35. The molecule has 0 atom stereocenters. The second-order valence-corrected chi connectivity index (χ2v) is 5.49. The molecule has 1 heterocycles. The molecular formula is C14H21F2N3. The molecule has 0 aliphatic carbocycles. The van der Waals surface area contributed by atoms with Crippen LogP contribution in [0.15, 0.2) is 12.1 Å². The molecule has 0 radical (unpaired) electrons. The summed E-state index contributed by atoms with van der Waals surface area (Å²) >= 11 is 0. The largest absolute Gasteiger partial charge is 0.397 e. The number of nitrogens with zero attached hydrogens (tertiary/aromatic N) is 2. The quantitative estimate of drug-likeness (QED) is 0.855. The fourth-order valence-electron chi connectivity index (χ4n) is 2.73. The van der Waals surface area contributed by atoms with E-state index in [-0.39, 0.29) is 5.69 Å². The molecule has 19 heavy (non-hydrogen) atoms. The van der Waals surface area contributed by atoms with E-state index in [1.807, 2.05) is 4.90 Å². The maximum atomic E-state index is 13.8. The van der Waals surface area contributed by atoms with E-state index in [9.17, 15) is 8.78 Å². The predicted molar refractivity (Wildman–Crippen MR) is 74.3 cm³/mol. The molecule has 3 nitrogen and oxygen atoms in total. The van der Waals surface area contributed by atoms with E-state index in [2.05, 4.69) is 19.0 Å². The Morgan fingerprint density at radius 3 is 2.47 bits per heavy atom. The maximum absolute atomic E-state index is 13.8. The zero-order chi connectivity index (χ0) is 14.0. The van der Waals surface area contributed by atoms with E-state index in [4.69, 9.17) is 5.73 Å². The van der Waals surface area contributed by atoms with E-state index < -0.39 is 11.6 Å². The summed E-state index contributed by atoms with van der Waals surface area (Å²) in [5.41, 5.74) is 6.32. The van der Waals surface area contributed by atoms with Gasteiger partial charge < -0.3 is 15.5 Å². The van der Waals surface area contributed by atoms with Crippen LogP contribution in [0.5, 0.6) is 0 Å². The highest BCUT2D eigenvalue weighted by atomic mass is 19.2. The number of nitrogen functional groups attached to an aromatic ring is 1. The molecule has 1 aromatic carbocycles. The molecule has 0 spiro atoms. The van der Waals surface area contributed by atoms with Crippen molar-refractivity contribution in [2.75, 3.05) is 44.4 Å². The van der Waals surface area contributed by atoms with Crippen LogP contribution >= 0.6 is 0 Å². The van der Waals surface area contributed by atoms with Crippen molar-refractivity contribution < 1.29 is 8.78 Å². The molecule has 1 aromatic rings. The van der Waals surface area contributed by atoms with Crippen molar-refractivity contribution in [2.45, 2.75) is 12.8 Å². The molecule has 1 aliphatic rings. The van der Waals surface area contributed by atoms with Crippen LogP contribution < -0.4 is 10.6 Å². The Balaban J connectivity index is 2.08. The Bertz CT molecular complexity index is 441. The molecule has 1 fully saturated rings. The molecule has 2 rings (SSSR count). The first kappa shape index (κ1) is 14.1. The van der Waals surface area contributed by atoms with E-state index in [0.29, 0.717) is 11.6 Å². The third kappa shape index (κ3) is 3.15. The number of hydrogen-bond acceptors (Lipinski definition) is 3. The lowest BCUT2D eigenvalue weighted by atomic mass is 9.96. The summed E-state index contributed by atoms with van der Waals surface area (Å²) in [6.45, 7) is 2.49. The van der Waals surface area contributed by atoms with Gasteiger partial charge in [0.15, 0.2) is 11.6 Å². The first-order valence-corrected chi connectivity index (χ1v) is 6.62. The van der Waals surface area contributed by atoms with Gasteiger partial charge in [-0.2, -0.15) is 0 Å². The number of nitrogens with two attached hydrogens (primary N) is 1. The summed E-state index contributed by atoms with van der Waals surface area (Å²) in [6.07, 6.45) is 1.96. The minimum atomic E-state index is -0.834. The minimum absolute atomic E-state index is 0.225. The van der Waals surface area contributed by atoms with Crippen molar-refractivity contribution >= 4 is 11.4 Å². The summed E-state index contributed by atoms with van der Waals surface area (Å²) in [7, 11) is 4.10. The molecule has 0 aromatic heterocycles. The minimum Gasteiger partial charge on any atom is -0.397 e. The van der Waals surface area contributed by atoms with Crippen molar-refractivity contribution in [2.24, 2.45) is 5.92 Å². The zero-order valence-electron chi connectivity index (χ0n) is 11.5. The van der Waals surface area contributed by atoms with Crippen molar-refractivity contribution in [3.05, 3.63) is 23.8 Å². The van der Waals surface area contributed by atoms with Gasteiger partial charge in [-0.15, -0.1) is 0 Å². The average Bonchev–Trinajstić information content (AvgIpc) is 2.36. The number of halogens is 2. The Labute approximate surface area is 113 Å². The van der Waals surface area contributed by atoms with Gasteiger partial charge >= 0.3 is 0 Å². The first-order chi connectivity index (χ1) is 8.99. The Kier molecular flexibility index (Phi) is 4.24. The van der Waals surface area contributed by atoms with Crippen molar-refractivity contribution in [1.82, 2.24) is 4.90 Å².